The zero-order chi connectivity index (χ0) is 23.5. The van der Waals surface area contributed by atoms with E-state index >= 15 is 0 Å². The van der Waals surface area contributed by atoms with Gasteiger partial charge in [0.25, 0.3) is 0 Å². The molecule has 0 bridgehead atoms. The van der Waals surface area contributed by atoms with E-state index in [0.29, 0.717) is 24.3 Å². The molecule has 1 heterocycles. The molecule has 2 aromatic carbocycles. The summed E-state index contributed by atoms with van der Waals surface area (Å²) in [7, 11) is -3.78. The zero-order valence-electron chi connectivity index (χ0n) is 18.2. The minimum Gasteiger partial charge on any atom is -0.325 e. The highest BCUT2D eigenvalue weighted by atomic mass is 32.2. The lowest BCUT2D eigenvalue weighted by Crippen LogP contribution is -2.59. The average Bonchev–Trinajstić information content (AvgIpc) is 2.74. The van der Waals surface area contributed by atoms with Gasteiger partial charge < -0.3 is 5.32 Å². The van der Waals surface area contributed by atoms with Crippen molar-refractivity contribution in [3.8, 4) is 12.1 Å². The highest BCUT2D eigenvalue weighted by Crippen LogP contribution is 2.26. The lowest BCUT2D eigenvalue weighted by Gasteiger charge is -2.43. The number of carbonyl (C=O) groups excluding carboxylic acids is 1. The summed E-state index contributed by atoms with van der Waals surface area (Å²) in [5.41, 5.74) is 2.20. The van der Waals surface area contributed by atoms with E-state index in [1.807, 2.05) is 31.7 Å². The fourth-order valence-corrected chi connectivity index (χ4v) is 5.94. The number of rotatable bonds is 5. The number of benzene rings is 2. The molecule has 0 aliphatic carbocycles. The van der Waals surface area contributed by atoms with Crippen molar-refractivity contribution < 1.29 is 13.2 Å². The molecule has 2 aromatic rings. The van der Waals surface area contributed by atoms with Gasteiger partial charge in [-0.2, -0.15) is 14.8 Å². The van der Waals surface area contributed by atoms with Crippen molar-refractivity contribution >= 4 is 21.6 Å². The van der Waals surface area contributed by atoms with Crippen molar-refractivity contribution in [1.82, 2.24) is 9.21 Å². The zero-order valence-corrected chi connectivity index (χ0v) is 19.1. The third kappa shape index (κ3) is 4.97. The van der Waals surface area contributed by atoms with Crippen molar-refractivity contribution in [3.05, 3.63) is 59.2 Å². The summed E-state index contributed by atoms with van der Waals surface area (Å²) in [4.78, 5) is 14.6. The van der Waals surface area contributed by atoms with Crippen LogP contribution in [0.3, 0.4) is 0 Å². The van der Waals surface area contributed by atoms with Gasteiger partial charge in [-0.1, -0.05) is 12.1 Å². The monoisotopic (exact) mass is 451 g/mol. The number of hydrogen-bond donors (Lipinski definition) is 1. The van der Waals surface area contributed by atoms with Gasteiger partial charge in [0.2, 0.25) is 15.9 Å². The molecular formula is C23H25N5O3S. The predicted molar refractivity (Wildman–Crippen MR) is 120 cm³/mol. The van der Waals surface area contributed by atoms with Gasteiger partial charge in [-0.05, 0) is 56.7 Å². The maximum absolute atomic E-state index is 13.2. The molecule has 2 unspecified atom stereocenters. The second-order valence-corrected chi connectivity index (χ2v) is 9.90. The third-order valence-corrected chi connectivity index (χ3v) is 7.58. The molecule has 0 radical (unpaired) electrons. The van der Waals surface area contributed by atoms with Gasteiger partial charge in [0.1, 0.15) is 0 Å². The first-order chi connectivity index (χ1) is 15.1. The maximum atomic E-state index is 13.2. The minimum atomic E-state index is -3.78. The molecule has 32 heavy (non-hydrogen) atoms. The first kappa shape index (κ1) is 23.4. The molecule has 9 heteroatoms. The topological polar surface area (TPSA) is 117 Å². The van der Waals surface area contributed by atoms with E-state index < -0.39 is 10.0 Å². The highest BCUT2D eigenvalue weighted by molar-refractivity contribution is 7.89. The van der Waals surface area contributed by atoms with Crippen LogP contribution < -0.4 is 5.32 Å². The van der Waals surface area contributed by atoms with Crippen LogP contribution in [0.4, 0.5) is 5.69 Å². The number of nitriles is 2. The Morgan fingerprint density at radius 2 is 1.69 bits per heavy atom. The van der Waals surface area contributed by atoms with Gasteiger partial charge in [0.15, 0.2) is 0 Å². The van der Waals surface area contributed by atoms with Gasteiger partial charge in [0, 0.05) is 30.9 Å². The molecule has 1 aliphatic heterocycles. The Morgan fingerprint density at radius 1 is 1.06 bits per heavy atom. The van der Waals surface area contributed by atoms with Crippen LogP contribution in [0.5, 0.6) is 0 Å². The second-order valence-electron chi connectivity index (χ2n) is 8.06. The van der Waals surface area contributed by atoms with Crippen LogP contribution in [0.25, 0.3) is 0 Å². The van der Waals surface area contributed by atoms with Gasteiger partial charge in [0.05, 0.1) is 34.7 Å². The van der Waals surface area contributed by atoms with Gasteiger partial charge in [-0.25, -0.2) is 8.42 Å². The molecule has 3 rings (SSSR count). The molecule has 2 atom stereocenters. The number of hydrogen-bond acceptors (Lipinski definition) is 6. The molecule has 1 amide bonds. The maximum Gasteiger partial charge on any atom is 0.243 e. The van der Waals surface area contributed by atoms with Crippen LogP contribution in [-0.4, -0.2) is 55.2 Å². The summed E-state index contributed by atoms with van der Waals surface area (Å²) in [6.07, 6.45) is 0. The van der Waals surface area contributed by atoms with E-state index in [1.54, 1.807) is 30.3 Å². The molecule has 0 saturated carbocycles. The Morgan fingerprint density at radius 3 is 2.31 bits per heavy atom. The number of aryl methyl sites for hydroxylation is 1. The molecule has 1 N–H and O–H groups in total. The fraction of sp³-hybridized carbons (Fsp3) is 0.348. The number of anilines is 1. The van der Waals surface area contributed by atoms with Gasteiger partial charge in [-0.3, -0.25) is 9.69 Å². The first-order valence-corrected chi connectivity index (χ1v) is 11.7. The standard InChI is InChI=1S/C23H25N5O3S/c1-16-7-8-20(12-25)10-22(16)26-23(29)15-27-13-17(2)28(18(3)14-27)32(30,31)21-6-4-5-19(9-21)11-24/h4-10,17-18H,13-15H2,1-3H3,(H,26,29). The average molecular weight is 452 g/mol. The summed E-state index contributed by atoms with van der Waals surface area (Å²) in [6, 6.07) is 14.4. The number of piperazine rings is 1. The van der Waals surface area contributed by atoms with Crippen LogP contribution in [-0.2, 0) is 14.8 Å². The van der Waals surface area contributed by atoms with Crippen molar-refractivity contribution in [2.75, 3.05) is 25.0 Å². The van der Waals surface area contributed by atoms with E-state index in [4.69, 9.17) is 10.5 Å². The number of sulfonamides is 1. The molecule has 1 aliphatic rings. The molecule has 166 valence electrons. The van der Waals surface area contributed by atoms with E-state index in [9.17, 15) is 13.2 Å². The number of amides is 1. The van der Waals surface area contributed by atoms with E-state index in [0.717, 1.165) is 5.56 Å². The van der Waals surface area contributed by atoms with Gasteiger partial charge >= 0.3 is 0 Å². The lowest BCUT2D eigenvalue weighted by atomic mass is 10.1. The lowest BCUT2D eigenvalue weighted by molar-refractivity contribution is -0.118. The van der Waals surface area contributed by atoms with Crippen molar-refractivity contribution in [2.45, 2.75) is 37.8 Å². The first-order valence-electron chi connectivity index (χ1n) is 10.2. The van der Waals surface area contributed by atoms with Crippen LogP contribution in [0, 0.1) is 29.6 Å². The van der Waals surface area contributed by atoms with Crippen molar-refractivity contribution in [3.63, 3.8) is 0 Å². The number of nitrogens with zero attached hydrogens (tertiary/aromatic N) is 4. The molecule has 0 aromatic heterocycles. The van der Waals surface area contributed by atoms with E-state index in [2.05, 4.69) is 11.4 Å². The van der Waals surface area contributed by atoms with E-state index in [1.165, 1.54) is 16.4 Å². The molecular weight excluding hydrogens is 426 g/mol. The largest absolute Gasteiger partial charge is 0.325 e. The molecule has 1 saturated heterocycles. The smallest absolute Gasteiger partial charge is 0.243 e. The SMILES string of the molecule is Cc1ccc(C#N)cc1NC(=O)CN1CC(C)N(S(=O)(=O)c2cccc(C#N)c2)C(C)C1. The Labute approximate surface area is 188 Å². The van der Waals surface area contributed by atoms with Crippen molar-refractivity contribution in [1.29, 1.82) is 10.5 Å². The minimum absolute atomic E-state index is 0.0919. The van der Waals surface area contributed by atoms with Crippen LogP contribution in [0.2, 0.25) is 0 Å². The second kappa shape index (κ2) is 9.49. The molecule has 8 nitrogen and oxygen atoms in total. The fourth-order valence-electron chi connectivity index (χ4n) is 4.09. The summed E-state index contributed by atoms with van der Waals surface area (Å²) in [5.74, 6) is -0.222. The van der Waals surface area contributed by atoms with Crippen molar-refractivity contribution in [2.24, 2.45) is 0 Å². The molecule has 0 spiro atoms. The summed E-state index contributed by atoms with van der Waals surface area (Å²) in [6.45, 7) is 6.38. The number of nitrogens with one attached hydrogen (secondary N) is 1. The third-order valence-electron chi connectivity index (χ3n) is 5.46. The number of carbonyl (C=O) groups is 1. The van der Waals surface area contributed by atoms with Crippen LogP contribution in [0.1, 0.15) is 30.5 Å². The Bertz CT molecular complexity index is 1200. The summed E-state index contributed by atoms with van der Waals surface area (Å²) in [5, 5.41) is 21.0. The van der Waals surface area contributed by atoms with Gasteiger partial charge in [-0.15, -0.1) is 0 Å². The summed E-state index contributed by atoms with van der Waals surface area (Å²) < 4.78 is 27.9. The highest BCUT2D eigenvalue weighted by Gasteiger charge is 2.38. The molecule has 1 fully saturated rings. The van der Waals surface area contributed by atoms with E-state index in [-0.39, 0.29) is 35.0 Å². The Balaban J connectivity index is 1.70. The quantitative estimate of drug-likeness (QED) is 0.746. The predicted octanol–water partition coefficient (Wildman–Crippen LogP) is 2.46. The van der Waals surface area contributed by atoms with Crippen LogP contribution in [0.15, 0.2) is 47.4 Å². The Kier molecular flexibility index (Phi) is 6.95. The van der Waals surface area contributed by atoms with Crippen LogP contribution >= 0.6 is 0 Å². The summed E-state index contributed by atoms with van der Waals surface area (Å²) >= 11 is 0. The Hall–Kier alpha value is -3.24. The normalized spacial score (nSPS) is 19.7.